The van der Waals surface area contributed by atoms with E-state index in [1.54, 1.807) is 0 Å². The van der Waals surface area contributed by atoms with Crippen molar-refractivity contribution in [2.75, 3.05) is 24.6 Å². The molecule has 4 heterocycles. The molecule has 0 unspecified atom stereocenters. The summed E-state index contributed by atoms with van der Waals surface area (Å²) in [7, 11) is -1.16. The summed E-state index contributed by atoms with van der Waals surface area (Å²) in [4.78, 5) is 18.7. The molecular weight excluding hydrogens is 893 g/mol. The van der Waals surface area contributed by atoms with Crippen LogP contribution in [-0.2, 0) is 22.4 Å². The van der Waals surface area contributed by atoms with E-state index in [2.05, 4.69) is 152 Å². The van der Waals surface area contributed by atoms with E-state index in [4.69, 9.17) is 0 Å². The summed E-state index contributed by atoms with van der Waals surface area (Å²) >= 11 is 0. The standard InChI is InChI=1S/2C20H30N2P2.Au.ClH/c2*1-19(2,3)23(17-11-7-9-13-21-17)15-16-24(20(4,5)6)18-12-8-10-14-22-18;;/h2*7-14H,15-16H2,1-6H3;;1H/q;;+1;/p-1/t2*23-,24+;;. The molecule has 4 aromatic heterocycles. The van der Waals surface area contributed by atoms with E-state index in [0.29, 0.717) is 0 Å². The number of aromatic nitrogens is 4. The van der Waals surface area contributed by atoms with Gasteiger partial charge in [-0.15, -0.1) is 0 Å². The SMILES string of the molecule is CC(C)(C)[P@](CC[P@@](c1ccccn1)C(C)(C)C)c1ccccn1.CC(C)(C)[P@](CC[P@@](c1ccccn1)C(C)(C)C)c1ccccn1.[Au+].[Cl-]. The average molecular weight is 953 g/mol. The molecule has 0 aromatic carbocycles. The fourth-order valence-corrected chi connectivity index (χ4v) is 17.1. The molecule has 0 amide bonds. The third-order valence-corrected chi connectivity index (χ3v) is 21.2. The molecular formula is C40H60AuClN4P4. The minimum atomic E-state index is -0.290. The molecule has 4 rings (SSSR count). The average Bonchev–Trinajstić information content (AvgIpc) is 3.01. The minimum absolute atomic E-state index is 0. The first-order valence-corrected chi connectivity index (χ1v) is 23.2. The molecule has 0 fully saturated rings. The Kier molecular flexibility index (Phi) is 20.2. The fraction of sp³-hybridized carbons (Fsp3) is 0.500. The van der Waals surface area contributed by atoms with Crippen LogP contribution in [0.15, 0.2) is 97.6 Å². The number of hydrogen-bond donors (Lipinski definition) is 0. The van der Waals surface area contributed by atoms with Crippen molar-refractivity contribution in [2.45, 2.75) is 104 Å². The van der Waals surface area contributed by atoms with Gasteiger partial charge in [-0.2, -0.15) is 0 Å². The zero-order valence-electron chi connectivity index (χ0n) is 32.3. The predicted octanol–water partition coefficient (Wildman–Crippen LogP) is 6.98. The van der Waals surface area contributed by atoms with Gasteiger partial charge in [0.25, 0.3) is 0 Å². The largest absolute Gasteiger partial charge is 1.00 e. The molecule has 4 nitrogen and oxygen atoms in total. The van der Waals surface area contributed by atoms with E-state index in [9.17, 15) is 0 Å². The van der Waals surface area contributed by atoms with Gasteiger partial charge in [-0.1, -0.05) is 107 Å². The first-order chi connectivity index (χ1) is 22.4. The van der Waals surface area contributed by atoms with E-state index >= 15 is 0 Å². The minimum Gasteiger partial charge on any atom is -1.00 e. The summed E-state index contributed by atoms with van der Waals surface area (Å²) in [5.74, 6) is 0. The Morgan fingerprint density at radius 3 is 0.660 bits per heavy atom. The van der Waals surface area contributed by atoms with Crippen molar-refractivity contribution < 1.29 is 34.8 Å². The molecule has 0 N–H and O–H groups in total. The Hall–Kier alpha value is -0.650. The summed E-state index contributed by atoms with van der Waals surface area (Å²) in [5, 5.41) is 1.08. The van der Waals surface area contributed by atoms with Gasteiger partial charge < -0.3 is 12.4 Å². The molecule has 4 atom stereocenters. The Bertz CT molecular complexity index is 1250. The molecule has 0 radical (unpaired) electrons. The van der Waals surface area contributed by atoms with Crippen molar-refractivity contribution >= 4 is 53.4 Å². The van der Waals surface area contributed by atoms with E-state index in [0.717, 1.165) is 0 Å². The van der Waals surface area contributed by atoms with Gasteiger partial charge in [0.2, 0.25) is 0 Å². The second-order valence-electron chi connectivity index (χ2n) is 16.0. The maximum absolute atomic E-state index is 4.68. The fourth-order valence-electron chi connectivity index (χ4n) is 5.63. The molecule has 0 bridgehead atoms. The molecule has 278 valence electrons. The molecule has 4 aromatic rings. The van der Waals surface area contributed by atoms with Gasteiger partial charge in [0, 0.05) is 24.8 Å². The smallest absolute Gasteiger partial charge is 1.00 e. The quantitative estimate of drug-likeness (QED) is 0.127. The Morgan fingerprint density at radius 1 is 0.360 bits per heavy atom. The molecule has 0 saturated heterocycles. The van der Waals surface area contributed by atoms with E-state index in [-0.39, 0.29) is 87.1 Å². The van der Waals surface area contributed by atoms with Crippen LogP contribution in [0, 0.1) is 0 Å². The molecule has 0 saturated carbocycles. The van der Waals surface area contributed by atoms with Gasteiger partial charge in [-0.25, -0.2) is 0 Å². The Balaban J connectivity index is 0.000000481. The maximum Gasteiger partial charge on any atom is 1.00 e. The zero-order valence-corrected chi connectivity index (χ0v) is 38.8. The summed E-state index contributed by atoms with van der Waals surface area (Å²) in [5.41, 5.74) is 5.13. The number of pyridine rings is 4. The van der Waals surface area contributed by atoms with Crippen LogP contribution in [0.2, 0.25) is 0 Å². The molecule has 10 heteroatoms. The van der Waals surface area contributed by atoms with Crippen molar-refractivity contribution in [2.24, 2.45) is 0 Å². The molecule has 50 heavy (non-hydrogen) atoms. The predicted molar refractivity (Wildman–Crippen MR) is 222 cm³/mol. The van der Waals surface area contributed by atoms with Crippen molar-refractivity contribution in [1.29, 1.82) is 0 Å². The van der Waals surface area contributed by atoms with Crippen molar-refractivity contribution in [3.8, 4) is 0 Å². The van der Waals surface area contributed by atoms with Crippen molar-refractivity contribution in [3.05, 3.63) is 97.6 Å². The number of nitrogens with zero attached hydrogens (tertiary/aromatic N) is 4. The molecule has 0 spiro atoms. The van der Waals surface area contributed by atoms with Crippen molar-refractivity contribution in [1.82, 2.24) is 19.9 Å². The van der Waals surface area contributed by atoms with Gasteiger partial charge in [-0.05, 0) is 125 Å². The monoisotopic (exact) mass is 952 g/mol. The summed E-state index contributed by atoms with van der Waals surface area (Å²) < 4.78 is 0. The summed E-state index contributed by atoms with van der Waals surface area (Å²) in [6.45, 7) is 28.3. The summed E-state index contributed by atoms with van der Waals surface area (Å²) in [6.07, 6.45) is 12.6. The topological polar surface area (TPSA) is 51.6 Å². The first kappa shape index (κ1) is 47.4. The van der Waals surface area contributed by atoms with Gasteiger partial charge >= 0.3 is 22.4 Å². The Labute approximate surface area is 332 Å². The third kappa shape index (κ3) is 15.4. The van der Waals surface area contributed by atoms with Crippen LogP contribution in [0.1, 0.15) is 83.1 Å². The summed E-state index contributed by atoms with van der Waals surface area (Å²) in [6, 6.07) is 25.3. The van der Waals surface area contributed by atoms with E-state index < -0.39 is 0 Å². The van der Waals surface area contributed by atoms with Crippen molar-refractivity contribution in [3.63, 3.8) is 0 Å². The van der Waals surface area contributed by atoms with E-state index in [1.807, 2.05) is 49.1 Å². The van der Waals surface area contributed by atoms with Crippen LogP contribution in [0.3, 0.4) is 0 Å². The number of halogens is 1. The normalized spacial score (nSPS) is 14.5. The van der Waals surface area contributed by atoms with Gasteiger partial charge in [0.1, 0.15) is 0 Å². The molecule has 0 aliphatic carbocycles. The van der Waals surface area contributed by atoms with Crippen LogP contribution in [0.5, 0.6) is 0 Å². The van der Waals surface area contributed by atoms with Crippen LogP contribution in [0.4, 0.5) is 0 Å². The van der Waals surface area contributed by atoms with Gasteiger partial charge in [0.05, 0.1) is 21.7 Å². The number of rotatable bonds is 10. The molecule has 0 aliphatic rings. The second-order valence-corrected chi connectivity index (χ2v) is 28.5. The van der Waals surface area contributed by atoms with Crippen LogP contribution >= 0.6 is 31.7 Å². The third-order valence-electron chi connectivity index (χ3n) is 8.04. The van der Waals surface area contributed by atoms with Gasteiger partial charge in [-0.3, -0.25) is 19.9 Å². The number of hydrogen-bond acceptors (Lipinski definition) is 4. The Morgan fingerprint density at radius 2 is 0.540 bits per heavy atom. The maximum atomic E-state index is 4.68. The van der Waals surface area contributed by atoms with Crippen LogP contribution < -0.4 is 34.1 Å². The zero-order chi connectivity index (χ0) is 35.6. The second kappa shape index (κ2) is 21.3. The van der Waals surface area contributed by atoms with Crippen LogP contribution in [-0.4, -0.2) is 65.2 Å². The van der Waals surface area contributed by atoms with E-state index in [1.165, 1.54) is 46.4 Å². The molecule has 0 aliphatic heterocycles. The van der Waals surface area contributed by atoms with Gasteiger partial charge in [0.15, 0.2) is 0 Å². The first-order valence-electron chi connectivity index (χ1n) is 17.1. The van der Waals surface area contributed by atoms with Crippen LogP contribution in [0.25, 0.3) is 0 Å².